The molecular weight excluding hydrogens is 1060 g/mol. The Morgan fingerprint density at radius 2 is 0.578 bits per heavy atom. The molecule has 448 valence electrons. The first-order chi connectivity index (χ1) is 40.5. The van der Waals surface area contributed by atoms with E-state index in [1.165, 1.54) is 30.4 Å². The highest BCUT2D eigenvalue weighted by Crippen LogP contribution is 2.28. The molecule has 0 aromatic heterocycles. The van der Waals surface area contributed by atoms with Gasteiger partial charge in [0, 0.05) is 24.6 Å². The van der Waals surface area contributed by atoms with Crippen molar-refractivity contribution >= 4 is 41.8 Å². The third-order valence-corrected chi connectivity index (χ3v) is 12.8. The number of carbonyl (C=O) groups is 7. The molecule has 0 aliphatic carbocycles. The second kappa shape index (κ2) is 41.7. The fourth-order valence-electron chi connectivity index (χ4n) is 8.11. The summed E-state index contributed by atoms with van der Waals surface area (Å²) >= 11 is 0. The van der Waals surface area contributed by atoms with Gasteiger partial charge in [-0.25, -0.2) is 33.6 Å². The van der Waals surface area contributed by atoms with Crippen LogP contribution in [0.15, 0.2) is 129 Å². The third kappa shape index (κ3) is 29.4. The van der Waals surface area contributed by atoms with Crippen molar-refractivity contribution in [3.63, 3.8) is 0 Å². The van der Waals surface area contributed by atoms with Crippen LogP contribution in [0.5, 0.6) is 28.7 Å². The van der Waals surface area contributed by atoms with E-state index in [-0.39, 0.29) is 59.8 Å². The molecule has 0 aliphatic heterocycles. The fraction of sp³-hybridized carbons (Fsp3) is 0.439. The van der Waals surface area contributed by atoms with E-state index in [2.05, 4.69) is 19.7 Å². The molecular formula is C66H82O17. The van der Waals surface area contributed by atoms with Gasteiger partial charge >= 0.3 is 41.8 Å². The van der Waals surface area contributed by atoms with Gasteiger partial charge < -0.3 is 47.4 Å². The number of ether oxygens (including phenoxy) is 10. The molecule has 4 aromatic rings. The van der Waals surface area contributed by atoms with Crippen LogP contribution >= 0.6 is 0 Å². The zero-order valence-electron chi connectivity index (χ0n) is 48.0. The van der Waals surface area contributed by atoms with E-state index >= 15 is 0 Å². The monoisotopic (exact) mass is 1150 g/mol. The Hall–Kier alpha value is -8.21. The normalized spacial score (nSPS) is 10.6. The lowest BCUT2D eigenvalue weighted by Gasteiger charge is -2.13. The van der Waals surface area contributed by atoms with Crippen molar-refractivity contribution in [1.82, 2.24) is 0 Å². The van der Waals surface area contributed by atoms with Gasteiger partial charge in [-0.1, -0.05) is 96.8 Å². The predicted octanol–water partition coefficient (Wildman–Crippen LogP) is 13.7. The topological polar surface area (TPSA) is 212 Å². The number of unbranched alkanes of at least 4 members (excludes halogenated alkanes) is 17. The van der Waals surface area contributed by atoms with Crippen LogP contribution in [-0.4, -0.2) is 94.6 Å². The molecule has 0 bridgehead atoms. The van der Waals surface area contributed by atoms with Gasteiger partial charge in [-0.05, 0) is 142 Å². The van der Waals surface area contributed by atoms with Crippen LogP contribution in [-0.2, 0) is 38.1 Å². The zero-order valence-corrected chi connectivity index (χ0v) is 48.0. The number of hydrogen-bond donors (Lipinski definition) is 0. The Labute approximate surface area is 488 Å². The smallest absolute Gasteiger partial charge is 0.343 e. The molecule has 0 fully saturated rings. The van der Waals surface area contributed by atoms with E-state index in [4.69, 9.17) is 47.4 Å². The summed E-state index contributed by atoms with van der Waals surface area (Å²) in [5.41, 5.74) is 0.555. The molecule has 0 aliphatic rings. The first-order valence-electron chi connectivity index (χ1n) is 29.0. The molecule has 4 aromatic carbocycles. The van der Waals surface area contributed by atoms with Crippen molar-refractivity contribution in [2.45, 2.75) is 135 Å². The van der Waals surface area contributed by atoms with Crippen LogP contribution in [0.2, 0.25) is 0 Å². The lowest BCUT2D eigenvalue weighted by molar-refractivity contribution is -0.138. The first-order valence-corrected chi connectivity index (χ1v) is 29.0. The van der Waals surface area contributed by atoms with Gasteiger partial charge in [0.15, 0.2) is 0 Å². The minimum atomic E-state index is -0.878. The molecule has 0 saturated carbocycles. The van der Waals surface area contributed by atoms with E-state index in [9.17, 15) is 33.6 Å². The van der Waals surface area contributed by atoms with Crippen LogP contribution in [0.1, 0.15) is 176 Å². The molecule has 0 unspecified atom stereocenters. The maximum atomic E-state index is 13.7. The van der Waals surface area contributed by atoms with Crippen LogP contribution in [0, 0.1) is 0 Å². The molecule has 4 rings (SSSR count). The molecule has 83 heavy (non-hydrogen) atoms. The summed E-state index contributed by atoms with van der Waals surface area (Å²) < 4.78 is 54.9. The third-order valence-electron chi connectivity index (χ3n) is 12.8. The number of carbonyl (C=O) groups excluding carboxylic acids is 7. The molecule has 0 saturated heterocycles. The average Bonchev–Trinajstić information content (AvgIpc) is 3.67. The summed E-state index contributed by atoms with van der Waals surface area (Å²) in [5.74, 6) is -2.48. The summed E-state index contributed by atoms with van der Waals surface area (Å²) in [6.45, 7) is 12.7. The second-order valence-electron chi connectivity index (χ2n) is 19.4. The highest BCUT2D eigenvalue weighted by atomic mass is 16.6. The lowest BCUT2D eigenvalue weighted by atomic mass is 10.1. The minimum Gasteiger partial charge on any atom is -0.494 e. The quantitative estimate of drug-likeness (QED) is 0.0132. The van der Waals surface area contributed by atoms with E-state index in [0.29, 0.717) is 62.5 Å². The van der Waals surface area contributed by atoms with Gasteiger partial charge in [0.1, 0.15) is 34.3 Å². The van der Waals surface area contributed by atoms with Crippen molar-refractivity contribution < 1.29 is 80.9 Å². The van der Waals surface area contributed by atoms with Crippen LogP contribution in [0.3, 0.4) is 0 Å². The van der Waals surface area contributed by atoms with Crippen molar-refractivity contribution in [1.29, 1.82) is 0 Å². The predicted molar refractivity (Wildman–Crippen MR) is 313 cm³/mol. The molecule has 17 nitrogen and oxygen atoms in total. The SMILES string of the molecule is C=CC(=O)OCCCCCCCCCCOc1ccc(C(=O)Oc2ccc(OC(=O)c3ccc(OCCCCCCCCCCOC(=O)C=C)cc3)c(C(=O)OCCCOC(=O)c3ccc(OCCCCCCOC(=O)C=C)cc3)c2)cc1. The summed E-state index contributed by atoms with van der Waals surface area (Å²) in [6, 6.07) is 23.5. The van der Waals surface area contributed by atoms with Crippen LogP contribution < -0.4 is 23.7 Å². The lowest BCUT2D eigenvalue weighted by Crippen LogP contribution is -2.15. The van der Waals surface area contributed by atoms with E-state index in [0.717, 1.165) is 134 Å². The number of rotatable bonds is 45. The largest absolute Gasteiger partial charge is 0.494 e. The summed E-state index contributed by atoms with van der Waals surface area (Å²) in [4.78, 5) is 86.7. The Morgan fingerprint density at radius 1 is 0.289 bits per heavy atom. The molecule has 0 heterocycles. The number of benzene rings is 4. The summed E-state index contributed by atoms with van der Waals surface area (Å²) in [5, 5.41) is 0. The molecule has 0 radical (unpaired) electrons. The average molecular weight is 1150 g/mol. The second-order valence-corrected chi connectivity index (χ2v) is 19.4. The number of esters is 7. The molecule has 0 atom stereocenters. The van der Waals surface area contributed by atoms with E-state index in [1.54, 1.807) is 72.8 Å². The Morgan fingerprint density at radius 3 is 0.940 bits per heavy atom. The van der Waals surface area contributed by atoms with Crippen LogP contribution in [0.25, 0.3) is 0 Å². The van der Waals surface area contributed by atoms with Crippen molar-refractivity contribution in [2.75, 3.05) is 52.9 Å². The summed E-state index contributed by atoms with van der Waals surface area (Å²) in [7, 11) is 0. The highest BCUT2D eigenvalue weighted by Gasteiger charge is 2.21. The van der Waals surface area contributed by atoms with E-state index < -0.39 is 29.8 Å². The van der Waals surface area contributed by atoms with Gasteiger partial charge in [0.25, 0.3) is 0 Å². The molecule has 17 heteroatoms. The number of hydrogen-bond acceptors (Lipinski definition) is 17. The van der Waals surface area contributed by atoms with Crippen molar-refractivity contribution in [2.24, 2.45) is 0 Å². The van der Waals surface area contributed by atoms with Gasteiger partial charge in [-0.2, -0.15) is 0 Å². The van der Waals surface area contributed by atoms with Gasteiger partial charge in [-0.3, -0.25) is 0 Å². The Bertz CT molecular complexity index is 2610. The maximum absolute atomic E-state index is 13.7. The zero-order chi connectivity index (χ0) is 59.5. The molecule has 0 N–H and O–H groups in total. The van der Waals surface area contributed by atoms with Crippen molar-refractivity contribution in [3.05, 3.63) is 151 Å². The van der Waals surface area contributed by atoms with E-state index in [1.807, 2.05) is 0 Å². The van der Waals surface area contributed by atoms with Gasteiger partial charge in [0.05, 0.1) is 69.5 Å². The van der Waals surface area contributed by atoms with Gasteiger partial charge in [0.2, 0.25) is 0 Å². The Kier molecular flexibility index (Phi) is 33.8. The maximum Gasteiger partial charge on any atom is 0.343 e. The molecule has 0 spiro atoms. The van der Waals surface area contributed by atoms with Crippen molar-refractivity contribution in [3.8, 4) is 28.7 Å². The molecule has 0 amide bonds. The van der Waals surface area contributed by atoms with Crippen LogP contribution in [0.4, 0.5) is 0 Å². The van der Waals surface area contributed by atoms with Gasteiger partial charge in [-0.15, -0.1) is 0 Å². The summed E-state index contributed by atoms with van der Waals surface area (Å²) in [6.07, 6.45) is 23.3. The Balaban J connectivity index is 1.25. The fourth-order valence-corrected chi connectivity index (χ4v) is 8.11. The highest BCUT2D eigenvalue weighted by molar-refractivity contribution is 5.97. The minimum absolute atomic E-state index is 0.00987. The standard InChI is InChI=1S/C66H82O17/c1-4-60(67)77-45-24-17-13-9-7-11-15-21-42-74-55-36-30-52(31-37-55)64(71)82-57-40-41-59(83-65(72)53-32-38-56(39-33-53)75-43-22-16-12-8-10-14-18-25-46-78-61(68)5-2)58(50-57)66(73)81-49-27-48-80-63(70)51-28-34-54(35-29-51)76-44-23-19-20-26-47-79-62(69)6-3/h4-6,28-41,50H,1-3,7-27,42-49H2. The first kappa shape index (κ1) is 67.3.